The number of thioether (sulfide) groups is 1. The van der Waals surface area contributed by atoms with Gasteiger partial charge in [0.1, 0.15) is 6.54 Å². The molecule has 0 unspecified atom stereocenters. The maximum atomic E-state index is 12.8. The van der Waals surface area contributed by atoms with Crippen LogP contribution in [-0.4, -0.2) is 79.3 Å². The summed E-state index contributed by atoms with van der Waals surface area (Å²) < 4.78 is 16.2. The van der Waals surface area contributed by atoms with Gasteiger partial charge in [0.2, 0.25) is 5.91 Å². The second kappa shape index (κ2) is 11.7. The SMILES string of the molecule is COc1cc(/C=C2\SC(=O)N(CC(=O)N3CCOCC3)C2=O)ccc1OCC(=O)Nc1ccccc1. The van der Waals surface area contributed by atoms with E-state index in [1.807, 2.05) is 18.2 Å². The fourth-order valence-electron chi connectivity index (χ4n) is 3.59. The van der Waals surface area contributed by atoms with Crippen molar-refractivity contribution in [1.82, 2.24) is 9.80 Å². The summed E-state index contributed by atoms with van der Waals surface area (Å²) in [7, 11) is 1.46. The van der Waals surface area contributed by atoms with Crippen molar-refractivity contribution < 1.29 is 33.4 Å². The Hall–Kier alpha value is -3.83. The van der Waals surface area contributed by atoms with E-state index in [4.69, 9.17) is 14.2 Å². The van der Waals surface area contributed by atoms with E-state index < -0.39 is 11.1 Å². The number of nitrogens with zero attached hydrogens (tertiary/aromatic N) is 2. The number of methoxy groups -OCH3 is 1. The molecule has 36 heavy (non-hydrogen) atoms. The van der Waals surface area contributed by atoms with Crippen LogP contribution in [0.4, 0.5) is 10.5 Å². The Bertz CT molecular complexity index is 1180. The van der Waals surface area contributed by atoms with Crippen molar-refractivity contribution in [1.29, 1.82) is 0 Å². The fourth-order valence-corrected chi connectivity index (χ4v) is 4.43. The molecular formula is C25H25N3O7S. The molecule has 0 radical (unpaired) electrons. The smallest absolute Gasteiger partial charge is 0.294 e. The Kier molecular flexibility index (Phi) is 8.24. The third-order valence-corrected chi connectivity index (χ3v) is 6.34. The molecule has 2 aliphatic heterocycles. The van der Waals surface area contributed by atoms with Crippen molar-refractivity contribution in [3.63, 3.8) is 0 Å². The van der Waals surface area contributed by atoms with Gasteiger partial charge in [-0.3, -0.25) is 24.1 Å². The highest BCUT2D eigenvalue weighted by Gasteiger charge is 2.37. The van der Waals surface area contributed by atoms with Gasteiger partial charge in [-0.15, -0.1) is 0 Å². The molecule has 0 atom stereocenters. The van der Waals surface area contributed by atoms with Crippen molar-refractivity contribution in [3.05, 3.63) is 59.0 Å². The number of para-hydroxylation sites is 1. The van der Waals surface area contributed by atoms with Crippen LogP contribution in [0.25, 0.3) is 6.08 Å². The molecule has 2 saturated heterocycles. The number of rotatable bonds is 8. The van der Waals surface area contributed by atoms with Gasteiger partial charge in [-0.2, -0.15) is 0 Å². The van der Waals surface area contributed by atoms with E-state index in [0.717, 1.165) is 16.7 Å². The molecule has 2 aliphatic rings. The molecule has 0 aromatic heterocycles. The van der Waals surface area contributed by atoms with Crippen LogP contribution in [0.3, 0.4) is 0 Å². The standard InChI is InChI=1S/C25H25N3O7S/c1-33-20-13-17(7-8-19(20)35-16-22(29)26-18-5-3-2-4-6-18)14-21-24(31)28(25(32)36-21)15-23(30)27-9-11-34-12-10-27/h2-8,13-14H,9-12,15-16H2,1H3,(H,26,29)/b21-14-. The van der Waals surface area contributed by atoms with Crippen molar-refractivity contribution in [3.8, 4) is 11.5 Å². The molecule has 11 heteroatoms. The summed E-state index contributed by atoms with van der Waals surface area (Å²) in [6, 6.07) is 14.0. The number of benzene rings is 2. The predicted molar refractivity (Wildman–Crippen MR) is 134 cm³/mol. The first-order chi connectivity index (χ1) is 17.4. The molecule has 0 saturated carbocycles. The van der Waals surface area contributed by atoms with Crippen LogP contribution in [0.1, 0.15) is 5.56 Å². The zero-order chi connectivity index (χ0) is 25.5. The molecular weight excluding hydrogens is 486 g/mol. The number of nitrogens with one attached hydrogen (secondary N) is 1. The van der Waals surface area contributed by atoms with Gasteiger partial charge >= 0.3 is 0 Å². The van der Waals surface area contributed by atoms with Gasteiger partial charge in [0.05, 0.1) is 25.2 Å². The number of ether oxygens (including phenoxy) is 3. The van der Waals surface area contributed by atoms with Gasteiger partial charge in [0.15, 0.2) is 18.1 Å². The molecule has 0 bridgehead atoms. The average molecular weight is 512 g/mol. The molecule has 2 aromatic rings. The van der Waals surface area contributed by atoms with Crippen molar-refractivity contribution in [2.24, 2.45) is 0 Å². The van der Waals surface area contributed by atoms with Crippen LogP contribution in [0.2, 0.25) is 0 Å². The summed E-state index contributed by atoms with van der Waals surface area (Å²) in [5, 5.41) is 2.24. The van der Waals surface area contributed by atoms with E-state index in [1.165, 1.54) is 7.11 Å². The third-order valence-electron chi connectivity index (χ3n) is 5.43. The van der Waals surface area contributed by atoms with E-state index >= 15 is 0 Å². The molecule has 0 aliphatic carbocycles. The molecule has 2 aromatic carbocycles. The summed E-state index contributed by atoms with van der Waals surface area (Å²) in [5.41, 5.74) is 1.26. The zero-order valence-corrected chi connectivity index (χ0v) is 20.4. The normalized spacial score (nSPS) is 16.9. The molecule has 1 N–H and O–H groups in total. The Balaban J connectivity index is 1.38. The number of anilines is 1. The van der Waals surface area contributed by atoms with Gasteiger partial charge in [0, 0.05) is 18.8 Å². The minimum atomic E-state index is -0.525. The Morgan fingerprint density at radius 3 is 2.56 bits per heavy atom. The van der Waals surface area contributed by atoms with Crippen LogP contribution in [-0.2, 0) is 19.1 Å². The van der Waals surface area contributed by atoms with Crippen LogP contribution >= 0.6 is 11.8 Å². The number of hydrogen-bond donors (Lipinski definition) is 1. The topological polar surface area (TPSA) is 114 Å². The number of hydrogen-bond acceptors (Lipinski definition) is 8. The highest BCUT2D eigenvalue weighted by molar-refractivity contribution is 8.18. The Morgan fingerprint density at radius 1 is 1.08 bits per heavy atom. The summed E-state index contributed by atoms with van der Waals surface area (Å²) in [6.07, 6.45) is 1.55. The molecule has 0 spiro atoms. The number of carbonyl (C=O) groups is 4. The van der Waals surface area contributed by atoms with Crippen LogP contribution < -0.4 is 14.8 Å². The van der Waals surface area contributed by atoms with Gasteiger partial charge in [-0.1, -0.05) is 24.3 Å². The highest BCUT2D eigenvalue weighted by Crippen LogP contribution is 2.34. The number of carbonyl (C=O) groups excluding carboxylic acids is 4. The van der Waals surface area contributed by atoms with Gasteiger partial charge < -0.3 is 24.4 Å². The van der Waals surface area contributed by atoms with Crippen molar-refractivity contribution >= 4 is 46.5 Å². The van der Waals surface area contributed by atoms with Gasteiger partial charge in [0.25, 0.3) is 17.1 Å². The van der Waals surface area contributed by atoms with Crippen LogP contribution in [0.15, 0.2) is 53.4 Å². The third kappa shape index (κ3) is 6.23. The van der Waals surface area contributed by atoms with Crippen molar-refractivity contribution in [2.45, 2.75) is 0 Å². The number of amides is 4. The van der Waals surface area contributed by atoms with Crippen LogP contribution in [0.5, 0.6) is 11.5 Å². The molecule has 188 valence electrons. The van der Waals surface area contributed by atoms with E-state index in [1.54, 1.807) is 41.3 Å². The first kappa shape index (κ1) is 25.3. The quantitative estimate of drug-likeness (QED) is 0.538. The van der Waals surface area contributed by atoms with E-state index in [-0.39, 0.29) is 29.9 Å². The lowest BCUT2D eigenvalue weighted by Crippen LogP contribution is -2.46. The maximum Gasteiger partial charge on any atom is 0.294 e. The zero-order valence-electron chi connectivity index (χ0n) is 19.6. The lowest BCUT2D eigenvalue weighted by atomic mass is 10.2. The minimum absolute atomic E-state index is 0.202. The first-order valence-corrected chi connectivity index (χ1v) is 12.0. The van der Waals surface area contributed by atoms with Crippen molar-refractivity contribution in [2.75, 3.05) is 51.9 Å². The summed E-state index contributed by atoms with van der Waals surface area (Å²) in [5.74, 6) is -0.433. The Labute approximate surface area is 212 Å². The molecule has 2 heterocycles. The van der Waals surface area contributed by atoms with E-state index in [9.17, 15) is 19.2 Å². The lowest BCUT2D eigenvalue weighted by molar-refractivity contribution is -0.139. The number of imide groups is 1. The number of morpholine rings is 1. The second-order valence-electron chi connectivity index (χ2n) is 7.87. The molecule has 4 amide bonds. The first-order valence-electron chi connectivity index (χ1n) is 11.2. The monoisotopic (exact) mass is 511 g/mol. The minimum Gasteiger partial charge on any atom is -0.493 e. The van der Waals surface area contributed by atoms with Gasteiger partial charge in [-0.25, -0.2) is 0 Å². The fraction of sp³-hybridized carbons (Fsp3) is 0.280. The largest absolute Gasteiger partial charge is 0.493 e. The predicted octanol–water partition coefficient (Wildman–Crippen LogP) is 2.61. The lowest BCUT2D eigenvalue weighted by Gasteiger charge is -2.28. The van der Waals surface area contributed by atoms with Crippen LogP contribution in [0, 0.1) is 0 Å². The molecule has 4 rings (SSSR count). The average Bonchev–Trinajstić information content (AvgIpc) is 3.16. The maximum absolute atomic E-state index is 12.8. The highest BCUT2D eigenvalue weighted by atomic mass is 32.2. The van der Waals surface area contributed by atoms with E-state index in [2.05, 4.69) is 5.32 Å². The summed E-state index contributed by atoms with van der Waals surface area (Å²) in [6.45, 7) is 1.23. The van der Waals surface area contributed by atoms with Gasteiger partial charge in [-0.05, 0) is 47.7 Å². The summed E-state index contributed by atoms with van der Waals surface area (Å²) in [4.78, 5) is 52.6. The molecule has 10 nitrogen and oxygen atoms in total. The Morgan fingerprint density at radius 2 is 1.83 bits per heavy atom. The van der Waals surface area contributed by atoms with E-state index in [0.29, 0.717) is 49.1 Å². The second-order valence-corrected chi connectivity index (χ2v) is 8.87. The summed E-state index contributed by atoms with van der Waals surface area (Å²) >= 11 is 0.776. The molecule has 2 fully saturated rings.